The summed E-state index contributed by atoms with van der Waals surface area (Å²) in [7, 11) is 3.22. The van der Waals surface area contributed by atoms with Gasteiger partial charge in [0.15, 0.2) is 0 Å². The van der Waals surface area contributed by atoms with Gasteiger partial charge in [-0.3, -0.25) is 9.59 Å². The van der Waals surface area contributed by atoms with Crippen molar-refractivity contribution < 1.29 is 14.3 Å². The van der Waals surface area contributed by atoms with Crippen molar-refractivity contribution in [3.05, 3.63) is 23.8 Å². The predicted octanol–water partition coefficient (Wildman–Crippen LogP) is 1.57. The fourth-order valence-electron chi connectivity index (χ4n) is 2.27. The molecule has 0 saturated carbocycles. The van der Waals surface area contributed by atoms with Gasteiger partial charge in [-0.05, 0) is 30.2 Å². The maximum Gasteiger partial charge on any atom is 0.307 e. The molecule has 2 rings (SSSR count). The molecule has 0 aliphatic carbocycles. The van der Waals surface area contributed by atoms with Gasteiger partial charge in [-0.15, -0.1) is 0 Å². The monoisotopic (exact) mass is 262 g/mol. The summed E-state index contributed by atoms with van der Waals surface area (Å²) < 4.78 is 4.61. The van der Waals surface area contributed by atoms with Gasteiger partial charge in [-0.1, -0.05) is 0 Å². The third-order valence-electron chi connectivity index (χ3n) is 3.34. The number of methoxy groups -OCH3 is 1. The fraction of sp³-hybridized carbons (Fsp3) is 0.429. The molecule has 1 aliphatic heterocycles. The van der Waals surface area contributed by atoms with Crippen LogP contribution < -0.4 is 10.2 Å². The molecule has 1 aromatic rings. The summed E-state index contributed by atoms with van der Waals surface area (Å²) in [5.41, 5.74) is 3.07. The van der Waals surface area contributed by atoms with Gasteiger partial charge < -0.3 is 15.0 Å². The van der Waals surface area contributed by atoms with Crippen molar-refractivity contribution in [2.24, 2.45) is 0 Å². The number of carbonyl (C=O) groups is 2. The van der Waals surface area contributed by atoms with Crippen LogP contribution in [0.15, 0.2) is 18.2 Å². The molecule has 0 radical (unpaired) electrons. The van der Waals surface area contributed by atoms with E-state index in [0.717, 1.165) is 23.4 Å². The highest BCUT2D eigenvalue weighted by Crippen LogP contribution is 2.30. The van der Waals surface area contributed by atoms with Crippen molar-refractivity contribution in [1.82, 2.24) is 0 Å². The van der Waals surface area contributed by atoms with Crippen LogP contribution in [0.1, 0.15) is 18.4 Å². The summed E-state index contributed by atoms with van der Waals surface area (Å²) in [4.78, 5) is 24.8. The number of rotatable bonds is 4. The summed E-state index contributed by atoms with van der Waals surface area (Å²) in [5.74, 6) is -0.236. The summed E-state index contributed by atoms with van der Waals surface area (Å²) >= 11 is 0. The van der Waals surface area contributed by atoms with Gasteiger partial charge in [0.1, 0.15) is 0 Å². The number of fused-ring (bicyclic) bond motifs is 1. The predicted molar refractivity (Wildman–Crippen MR) is 73.3 cm³/mol. The van der Waals surface area contributed by atoms with Gasteiger partial charge >= 0.3 is 5.97 Å². The molecule has 102 valence electrons. The van der Waals surface area contributed by atoms with Crippen LogP contribution in [0.4, 0.5) is 11.4 Å². The molecule has 0 unspecified atom stereocenters. The van der Waals surface area contributed by atoms with E-state index in [2.05, 4.69) is 10.1 Å². The molecule has 1 N–H and O–H groups in total. The maximum atomic E-state index is 12.0. The van der Waals surface area contributed by atoms with E-state index in [0.29, 0.717) is 13.0 Å². The van der Waals surface area contributed by atoms with E-state index in [1.807, 2.05) is 25.2 Å². The van der Waals surface area contributed by atoms with Crippen LogP contribution in [0.25, 0.3) is 0 Å². The summed E-state index contributed by atoms with van der Waals surface area (Å²) in [6.45, 7) is 0.372. The van der Waals surface area contributed by atoms with Gasteiger partial charge in [0, 0.05) is 31.4 Å². The molecule has 1 aliphatic rings. The van der Waals surface area contributed by atoms with E-state index in [4.69, 9.17) is 0 Å². The highest BCUT2D eigenvalue weighted by molar-refractivity contribution is 5.97. The number of hydrogen-bond donors (Lipinski definition) is 1. The number of ether oxygens (including phenoxy) is 1. The standard InChI is InChI=1S/C14H18N2O3/c1-15-11-4-5-12-10(9-11)3-6-13(17)16(12)8-7-14(18)19-2/h4-5,9,15H,3,6-8H2,1-2H3. The van der Waals surface area contributed by atoms with Crippen molar-refractivity contribution in [1.29, 1.82) is 0 Å². The van der Waals surface area contributed by atoms with Crippen molar-refractivity contribution in [3.63, 3.8) is 0 Å². The topological polar surface area (TPSA) is 58.6 Å². The fourth-order valence-corrected chi connectivity index (χ4v) is 2.27. The summed E-state index contributed by atoms with van der Waals surface area (Å²) in [6, 6.07) is 5.91. The summed E-state index contributed by atoms with van der Waals surface area (Å²) in [6.07, 6.45) is 1.45. The maximum absolute atomic E-state index is 12.0. The molecular formula is C14H18N2O3. The molecular weight excluding hydrogens is 244 g/mol. The second kappa shape index (κ2) is 5.73. The Morgan fingerprint density at radius 2 is 2.21 bits per heavy atom. The Morgan fingerprint density at radius 1 is 1.42 bits per heavy atom. The van der Waals surface area contributed by atoms with E-state index in [1.165, 1.54) is 7.11 Å². The first-order valence-corrected chi connectivity index (χ1v) is 6.33. The minimum atomic E-state index is -0.299. The Bertz CT molecular complexity index is 499. The van der Waals surface area contributed by atoms with Gasteiger partial charge in [0.05, 0.1) is 13.5 Å². The Hall–Kier alpha value is -2.04. The molecule has 0 spiro atoms. The van der Waals surface area contributed by atoms with Crippen LogP contribution >= 0.6 is 0 Å². The molecule has 0 aromatic heterocycles. The average Bonchev–Trinajstić information content (AvgIpc) is 2.45. The van der Waals surface area contributed by atoms with Gasteiger partial charge in [-0.25, -0.2) is 0 Å². The lowest BCUT2D eigenvalue weighted by molar-refractivity contribution is -0.140. The summed E-state index contributed by atoms with van der Waals surface area (Å²) in [5, 5.41) is 3.08. The Labute approximate surface area is 112 Å². The zero-order valence-corrected chi connectivity index (χ0v) is 11.2. The number of anilines is 2. The quantitative estimate of drug-likeness (QED) is 0.837. The van der Waals surface area contributed by atoms with Crippen LogP contribution in [0.2, 0.25) is 0 Å². The lowest BCUT2D eigenvalue weighted by atomic mass is 10.00. The van der Waals surface area contributed by atoms with Gasteiger partial charge in [-0.2, -0.15) is 0 Å². The van der Waals surface area contributed by atoms with Crippen LogP contribution in [0.5, 0.6) is 0 Å². The number of esters is 1. The molecule has 1 amide bonds. The van der Waals surface area contributed by atoms with E-state index in [9.17, 15) is 9.59 Å². The highest BCUT2D eigenvalue weighted by atomic mass is 16.5. The minimum Gasteiger partial charge on any atom is -0.469 e. The number of carbonyl (C=O) groups excluding carboxylic acids is 2. The van der Waals surface area contributed by atoms with E-state index < -0.39 is 0 Å². The second-order valence-corrected chi connectivity index (χ2v) is 4.47. The molecule has 0 fully saturated rings. The Kier molecular flexibility index (Phi) is 4.04. The van der Waals surface area contributed by atoms with E-state index in [1.54, 1.807) is 4.90 Å². The number of nitrogens with one attached hydrogen (secondary N) is 1. The Balaban J connectivity index is 2.20. The first-order chi connectivity index (χ1) is 9.15. The molecule has 0 bridgehead atoms. The first-order valence-electron chi connectivity index (χ1n) is 6.33. The number of nitrogens with zero attached hydrogens (tertiary/aromatic N) is 1. The highest BCUT2D eigenvalue weighted by Gasteiger charge is 2.24. The van der Waals surface area contributed by atoms with Crippen molar-refractivity contribution in [2.45, 2.75) is 19.3 Å². The smallest absolute Gasteiger partial charge is 0.307 e. The Morgan fingerprint density at radius 3 is 2.89 bits per heavy atom. The lowest BCUT2D eigenvalue weighted by Crippen LogP contribution is -2.36. The lowest BCUT2D eigenvalue weighted by Gasteiger charge is -2.29. The number of amides is 1. The molecule has 5 nitrogen and oxygen atoms in total. The molecule has 1 heterocycles. The zero-order chi connectivity index (χ0) is 13.8. The van der Waals surface area contributed by atoms with Crippen LogP contribution in [0.3, 0.4) is 0 Å². The average molecular weight is 262 g/mol. The minimum absolute atomic E-state index is 0.0635. The normalized spacial score (nSPS) is 14.0. The molecule has 5 heteroatoms. The van der Waals surface area contributed by atoms with E-state index >= 15 is 0 Å². The third kappa shape index (κ3) is 2.86. The van der Waals surface area contributed by atoms with Crippen molar-refractivity contribution in [3.8, 4) is 0 Å². The van der Waals surface area contributed by atoms with Gasteiger partial charge in [0.25, 0.3) is 0 Å². The van der Waals surface area contributed by atoms with Crippen LogP contribution in [-0.2, 0) is 20.7 Å². The second-order valence-electron chi connectivity index (χ2n) is 4.47. The van der Waals surface area contributed by atoms with Crippen molar-refractivity contribution in [2.75, 3.05) is 30.9 Å². The largest absolute Gasteiger partial charge is 0.469 e. The molecule has 0 saturated heterocycles. The number of aryl methyl sites for hydroxylation is 1. The van der Waals surface area contributed by atoms with Crippen LogP contribution in [0, 0.1) is 0 Å². The number of benzene rings is 1. The third-order valence-corrected chi connectivity index (χ3v) is 3.34. The molecule has 0 atom stereocenters. The zero-order valence-electron chi connectivity index (χ0n) is 11.2. The molecule has 19 heavy (non-hydrogen) atoms. The first kappa shape index (κ1) is 13.4. The van der Waals surface area contributed by atoms with Crippen molar-refractivity contribution >= 4 is 23.3 Å². The van der Waals surface area contributed by atoms with Gasteiger partial charge in [0.2, 0.25) is 5.91 Å². The SMILES string of the molecule is CNc1ccc2c(c1)CCC(=O)N2CCC(=O)OC. The van der Waals surface area contributed by atoms with E-state index in [-0.39, 0.29) is 18.3 Å². The van der Waals surface area contributed by atoms with Crippen LogP contribution in [-0.4, -0.2) is 32.6 Å². The number of hydrogen-bond acceptors (Lipinski definition) is 4. The molecule has 1 aromatic carbocycles.